The van der Waals surface area contributed by atoms with E-state index in [0.717, 1.165) is 5.56 Å². The van der Waals surface area contributed by atoms with Crippen LogP contribution >= 0.6 is 15.9 Å². The number of nitrogen functional groups attached to an aromatic ring is 1. The SMILES string of the molecule is CC(Nc1ncnc(N)c1Br)c1ccc(F)cc1. The molecule has 0 bridgehead atoms. The molecule has 94 valence electrons. The second-order valence-corrected chi connectivity index (χ2v) is 4.63. The summed E-state index contributed by atoms with van der Waals surface area (Å²) in [4.78, 5) is 7.96. The Bertz CT molecular complexity index is 544. The monoisotopic (exact) mass is 310 g/mol. The molecule has 1 atom stereocenters. The Kier molecular flexibility index (Phi) is 3.76. The number of rotatable bonds is 3. The van der Waals surface area contributed by atoms with Crippen LogP contribution < -0.4 is 11.1 Å². The summed E-state index contributed by atoms with van der Waals surface area (Å²) in [5.41, 5.74) is 6.63. The molecule has 0 saturated carbocycles. The van der Waals surface area contributed by atoms with Crippen LogP contribution in [-0.2, 0) is 0 Å². The lowest BCUT2D eigenvalue weighted by atomic mass is 10.1. The summed E-state index contributed by atoms with van der Waals surface area (Å²) in [6.45, 7) is 1.96. The molecule has 2 aromatic rings. The largest absolute Gasteiger partial charge is 0.383 e. The molecule has 1 heterocycles. The van der Waals surface area contributed by atoms with E-state index in [2.05, 4.69) is 31.2 Å². The minimum absolute atomic E-state index is 0.0174. The van der Waals surface area contributed by atoms with Gasteiger partial charge in [-0.2, -0.15) is 0 Å². The van der Waals surface area contributed by atoms with Gasteiger partial charge in [-0.15, -0.1) is 0 Å². The fraction of sp³-hybridized carbons (Fsp3) is 0.167. The minimum Gasteiger partial charge on any atom is -0.383 e. The van der Waals surface area contributed by atoms with E-state index in [-0.39, 0.29) is 11.9 Å². The fourth-order valence-electron chi connectivity index (χ4n) is 1.52. The van der Waals surface area contributed by atoms with Gasteiger partial charge in [0.15, 0.2) is 0 Å². The van der Waals surface area contributed by atoms with Crippen molar-refractivity contribution in [1.29, 1.82) is 0 Å². The Hall–Kier alpha value is -1.69. The molecule has 6 heteroatoms. The van der Waals surface area contributed by atoms with E-state index >= 15 is 0 Å². The van der Waals surface area contributed by atoms with Crippen LogP contribution in [0.5, 0.6) is 0 Å². The number of anilines is 2. The zero-order chi connectivity index (χ0) is 13.1. The average Bonchev–Trinajstić information content (AvgIpc) is 2.36. The van der Waals surface area contributed by atoms with Gasteiger partial charge >= 0.3 is 0 Å². The Labute approximate surface area is 113 Å². The van der Waals surface area contributed by atoms with E-state index in [1.165, 1.54) is 18.5 Å². The summed E-state index contributed by atoms with van der Waals surface area (Å²) in [6, 6.07) is 6.29. The van der Waals surface area contributed by atoms with Gasteiger partial charge in [0.2, 0.25) is 0 Å². The highest BCUT2D eigenvalue weighted by Crippen LogP contribution is 2.27. The highest BCUT2D eigenvalue weighted by molar-refractivity contribution is 9.10. The first-order chi connectivity index (χ1) is 8.58. The van der Waals surface area contributed by atoms with Crippen molar-refractivity contribution in [2.24, 2.45) is 0 Å². The molecule has 18 heavy (non-hydrogen) atoms. The zero-order valence-electron chi connectivity index (χ0n) is 9.69. The lowest BCUT2D eigenvalue weighted by molar-refractivity contribution is 0.626. The minimum atomic E-state index is -0.251. The molecule has 1 unspecified atom stereocenters. The van der Waals surface area contributed by atoms with Crippen molar-refractivity contribution in [3.63, 3.8) is 0 Å². The maximum absolute atomic E-state index is 12.8. The summed E-state index contributed by atoms with van der Waals surface area (Å²) in [5.74, 6) is 0.733. The summed E-state index contributed by atoms with van der Waals surface area (Å²) < 4.78 is 13.5. The Morgan fingerprint density at radius 3 is 2.61 bits per heavy atom. The van der Waals surface area contributed by atoms with Gasteiger partial charge in [0.05, 0.1) is 0 Å². The van der Waals surface area contributed by atoms with Gasteiger partial charge in [-0.1, -0.05) is 12.1 Å². The molecular weight excluding hydrogens is 299 g/mol. The van der Waals surface area contributed by atoms with Gasteiger partial charge in [0.25, 0.3) is 0 Å². The van der Waals surface area contributed by atoms with Crippen molar-refractivity contribution < 1.29 is 4.39 Å². The van der Waals surface area contributed by atoms with E-state index in [1.54, 1.807) is 12.1 Å². The molecule has 2 rings (SSSR count). The number of nitrogens with two attached hydrogens (primary N) is 1. The van der Waals surface area contributed by atoms with E-state index in [4.69, 9.17) is 5.73 Å². The molecule has 0 aliphatic heterocycles. The second kappa shape index (κ2) is 5.30. The predicted molar refractivity (Wildman–Crippen MR) is 72.6 cm³/mol. The molecule has 0 radical (unpaired) electrons. The summed E-state index contributed by atoms with van der Waals surface area (Å²) in [5, 5.41) is 3.19. The van der Waals surface area contributed by atoms with Gasteiger partial charge in [-0.25, -0.2) is 14.4 Å². The third kappa shape index (κ3) is 2.76. The van der Waals surface area contributed by atoms with E-state index in [1.807, 2.05) is 6.92 Å². The number of aromatic nitrogens is 2. The van der Waals surface area contributed by atoms with Gasteiger partial charge in [0.1, 0.15) is 28.3 Å². The average molecular weight is 311 g/mol. The lowest BCUT2D eigenvalue weighted by Crippen LogP contribution is -2.09. The number of hydrogen-bond acceptors (Lipinski definition) is 4. The van der Waals surface area contributed by atoms with Crippen LogP contribution in [0.1, 0.15) is 18.5 Å². The molecule has 0 spiro atoms. The molecule has 0 aliphatic rings. The Morgan fingerprint density at radius 2 is 1.94 bits per heavy atom. The zero-order valence-corrected chi connectivity index (χ0v) is 11.3. The molecule has 0 amide bonds. The van der Waals surface area contributed by atoms with E-state index in [0.29, 0.717) is 16.1 Å². The normalized spacial score (nSPS) is 12.2. The third-order valence-electron chi connectivity index (χ3n) is 2.54. The van der Waals surface area contributed by atoms with Gasteiger partial charge < -0.3 is 11.1 Å². The fourth-order valence-corrected chi connectivity index (χ4v) is 1.84. The van der Waals surface area contributed by atoms with Gasteiger partial charge in [-0.3, -0.25) is 0 Å². The van der Waals surface area contributed by atoms with Crippen LogP contribution in [-0.4, -0.2) is 9.97 Å². The van der Waals surface area contributed by atoms with Crippen molar-refractivity contribution in [3.8, 4) is 0 Å². The quantitative estimate of drug-likeness (QED) is 0.914. The summed E-state index contributed by atoms with van der Waals surface area (Å²) in [6.07, 6.45) is 1.39. The molecule has 3 N–H and O–H groups in total. The number of nitrogens with zero attached hydrogens (tertiary/aromatic N) is 2. The predicted octanol–water partition coefficient (Wildman–Crippen LogP) is 3.13. The van der Waals surface area contributed by atoms with Crippen molar-refractivity contribution in [1.82, 2.24) is 9.97 Å². The van der Waals surface area contributed by atoms with Crippen LogP contribution in [0.2, 0.25) is 0 Å². The maximum atomic E-state index is 12.8. The lowest BCUT2D eigenvalue weighted by Gasteiger charge is -2.16. The Morgan fingerprint density at radius 1 is 1.28 bits per heavy atom. The smallest absolute Gasteiger partial charge is 0.146 e. The molecular formula is C12H12BrFN4. The van der Waals surface area contributed by atoms with Crippen molar-refractivity contribution in [3.05, 3.63) is 46.4 Å². The maximum Gasteiger partial charge on any atom is 0.146 e. The van der Waals surface area contributed by atoms with Crippen LogP contribution in [0.3, 0.4) is 0 Å². The van der Waals surface area contributed by atoms with Crippen LogP contribution in [0.15, 0.2) is 35.1 Å². The van der Waals surface area contributed by atoms with Crippen molar-refractivity contribution in [2.75, 3.05) is 11.1 Å². The highest BCUT2D eigenvalue weighted by Gasteiger charge is 2.10. The van der Waals surface area contributed by atoms with Crippen molar-refractivity contribution in [2.45, 2.75) is 13.0 Å². The summed E-state index contributed by atoms with van der Waals surface area (Å²) in [7, 11) is 0. The van der Waals surface area contributed by atoms with Gasteiger partial charge in [-0.05, 0) is 40.5 Å². The Balaban J connectivity index is 2.18. The topological polar surface area (TPSA) is 63.8 Å². The molecule has 4 nitrogen and oxygen atoms in total. The molecule has 0 fully saturated rings. The number of benzene rings is 1. The number of halogens is 2. The van der Waals surface area contributed by atoms with E-state index < -0.39 is 0 Å². The van der Waals surface area contributed by atoms with Crippen LogP contribution in [0.4, 0.5) is 16.0 Å². The molecule has 0 saturated heterocycles. The first-order valence-electron chi connectivity index (χ1n) is 5.36. The second-order valence-electron chi connectivity index (χ2n) is 3.84. The first-order valence-corrected chi connectivity index (χ1v) is 6.15. The third-order valence-corrected chi connectivity index (χ3v) is 3.32. The van der Waals surface area contributed by atoms with Crippen LogP contribution in [0, 0.1) is 5.82 Å². The summed E-state index contributed by atoms with van der Waals surface area (Å²) >= 11 is 3.32. The first kappa shape index (κ1) is 12.8. The molecule has 1 aromatic heterocycles. The molecule has 0 aliphatic carbocycles. The molecule has 1 aromatic carbocycles. The standard InChI is InChI=1S/C12H12BrFN4/c1-7(8-2-4-9(14)5-3-8)18-12-10(13)11(15)16-6-17-12/h2-7H,1H3,(H3,15,16,17,18). The number of nitrogens with one attached hydrogen (secondary N) is 1. The highest BCUT2D eigenvalue weighted by atomic mass is 79.9. The van der Waals surface area contributed by atoms with E-state index in [9.17, 15) is 4.39 Å². The van der Waals surface area contributed by atoms with Gasteiger partial charge in [0, 0.05) is 6.04 Å². The van der Waals surface area contributed by atoms with Crippen LogP contribution in [0.25, 0.3) is 0 Å². The number of hydrogen-bond donors (Lipinski definition) is 2. The van der Waals surface area contributed by atoms with Crippen molar-refractivity contribution >= 4 is 27.6 Å².